The van der Waals surface area contributed by atoms with Crippen LogP contribution in [-0.2, 0) is 11.2 Å². The van der Waals surface area contributed by atoms with E-state index in [2.05, 4.69) is 14.9 Å². The van der Waals surface area contributed by atoms with Crippen LogP contribution in [-0.4, -0.2) is 47.2 Å². The fourth-order valence-corrected chi connectivity index (χ4v) is 3.39. The van der Waals surface area contributed by atoms with Crippen molar-refractivity contribution in [3.63, 3.8) is 0 Å². The highest BCUT2D eigenvalue weighted by Crippen LogP contribution is 2.29. The van der Waals surface area contributed by atoms with Crippen molar-refractivity contribution in [2.45, 2.75) is 45.3 Å². The van der Waals surface area contributed by atoms with Gasteiger partial charge in [0.05, 0.1) is 6.61 Å². The fourth-order valence-electron chi connectivity index (χ4n) is 3.39. The van der Waals surface area contributed by atoms with Crippen molar-refractivity contribution in [2.75, 3.05) is 26.2 Å². The van der Waals surface area contributed by atoms with Crippen molar-refractivity contribution >= 4 is 0 Å². The molecule has 2 aliphatic heterocycles. The van der Waals surface area contributed by atoms with Crippen LogP contribution < -0.4 is 5.73 Å². The number of nitrogens with two attached hydrogens (primary N) is 1. The average Bonchev–Trinajstić information content (AvgIpc) is 2.90. The van der Waals surface area contributed by atoms with E-state index in [0.29, 0.717) is 12.6 Å². The van der Waals surface area contributed by atoms with Crippen molar-refractivity contribution in [1.29, 1.82) is 0 Å². The fraction of sp³-hybridized carbons (Fsp3) is 0.733. The SMILES string of the molecule is Cc1nc(C2CN3CCCC3CO2)nc(C)c1CCN. The summed E-state index contributed by atoms with van der Waals surface area (Å²) in [6, 6.07) is 0.616. The van der Waals surface area contributed by atoms with Gasteiger partial charge in [0.2, 0.25) is 0 Å². The van der Waals surface area contributed by atoms with E-state index < -0.39 is 0 Å². The van der Waals surface area contributed by atoms with E-state index in [0.717, 1.165) is 36.8 Å². The molecule has 3 rings (SSSR count). The number of ether oxygens (including phenoxy) is 1. The summed E-state index contributed by atoms with van der Waals surface area (Å²) in [5, 5.41) is 0. The topological polar surface area (TPSA) is 64.3 Å². The highest BCUT2D eigenvalue weighted by Gasteiger charge is 2.34. The third-order valence-electron chi connectivity index (χ3n) is 4.51. The van der Waals surface area contributed by atoms with Crippen molar-refractivity contribution < 1.29 is 4.74 Å². The van der Waals surface area contributed by atoms with E-state index in [4.69, 9.17) is 10.5 Å². The molecular weight excluding hydrogens is 252 g/mol. The summed E-state index contributed by atoms with van der Waals surface area (Å²) in [6.45, 7) is 7.67. The van der Waals surface area contributed by atoms with E-state index in [1.54, 1.807) is 0 Å². The smallest absolute Gasteiger partial charge is 0.158 e. The van der Waals surface area contributed by atoms with Gasteiger partial charge in [-0.05, 0) is 51.8 Å². The van der Waals surface area contributed by atoms with E-state index in [1.165, 1.54) is 24.9 Å². The van der Waals surface area contributed by atoms with Crippen LogP contribution in [0.2, 0.25) is 0 Å². The normalized spacial score (nSPS) is 26.8. The summed E-state index contributed by atoms with van der Waals surface area (Å²) >= 11 is 0. The van der Waals surface area contributed by atoms with E-state index in [1.807, 2.05) is 13.8 Å². The summed E-state index contributed by atoms with van der Waals surface area (Å²) in [5.74, 6) is 0.839. The van der Waals surface area contributed by atoms with Gasteiger partial charge in [0, 0.05) is 24.0 Å². The second kappa shape index (κ2) is 5.76. The molecule has 0 aliphatic carbocycles. The Hall–Kier alpha value is -1.04. The molecule has 2 atom stereocenters. The number of hydrogen-bond acceptors (Lipinski definition) is 5. The number of hydrogen-bond donors (Lipinski definition) is 1. The Morgan fingerprint density at radius 3 is 2.75 bits per heavy atom. The zero-order valence-electron chi connectivity index (χ0n) is 12.4. The summed E-state index contributed by atoms with van der Waals surface area (Å²) in [5.41, 5.74) is 8.93. The predicted molar refractivity (Wildman–Crippen MR) is 77.6 cm³/mol. The number of aryl methyl sites for hydroxylation is 2. The molecule has 2 fully saturated rings. The van der Waals surface area contributed by atoms with Gasteiger partial charge in [0.15, 0.2) is 5.82 Å². The molecule has 20 heavy (non-hydrogen) atoms. The number of aromatic nitrogens is 2. The van der Waals surface area contributed by atoms with Gasteiger partial charge >= 0.3 is 0 Å². The van der Waals surface area contributed by atoms with Crippen LogP contribution in [0.3, 0.4) is 0 Å². The van der Waals surface area contributed by atoms with Crippen LogP contribution in [0.25, 0.3) is 0 Å². The number of fused-ring (bicyclic) bond motifs is 1. The van der Waals surface area contributed by atoms with Gasteiger partial charge in [-0.15, -0.1) is 0 Å². The van der Waals surface area contributed by atoms with Crippen LogP contribution in [0.5, 0.6) is 0 Å². The lowest BCUT2D eigenvalue weighted by molar-refractivity contribution is -0.0542. The lowest BCUT2D eigenvalue weighted by Crippen LogP contribution is -2.43. The van der Waals surface area contributed by atoms with Crippen LogP contribution in [0.4, 0.5) is 0 Å². The minimum atomic E-state index is 0.0219. The number of rotatable bonds is 3. The van der Waals surface area contributed by atoms with Gasteiger partial charge in [0.25, 0.3) is 0 Å². The van der Waals surface area contributed by atoms with Gasteiger partial charge < -0.3 is 10.5 Å². The predicted octanol–water partition coefficient (Wildman–Crippen LogP) is 1.13. The highest BCUT2D eigenvalue weighted by atomic mass is 16.5. The molecule has 0 saturated carbocycles. The number of morpholine rings is 1. The summed E-state index contributed by atoms with van der Waals surface area (Å²) in [4.78, 5) is 11.9. The van der Waals surface area contributed by atoms with E-state index >= 15 is 0 Å². The number of nitrogens with zero attached hydrogens (tertiary/aromatic N) is 3. The van der Waals surface area contributed by atoms with Crippen LogP contribution in [0, 0.1) is 13.8 Å². The molecule has 5 nitrogen and oxygen atoms in total. The molecular formula is C15H24N4O. The van der Waals surface area contributed by atoms with Crippen molar-refractivity contribution in [2.24, 2.45) is 5.73 Å². The van der Waals surface area contributed by atoms with Gasteiger partial charge in [0.1, 0.15) is 6.10 Å². The minimum Gasteiger partial charge on any atom is -0.367 e. The molecule has 0 radical (unpaired) electrons. The molecule has 0 bridgehead atoms. The van der Waals surface area contributed by atoms with Crippen molar-refractivity contribution in [1.82, 2.24) is 14.9 Å². The Kier molecular flexibility index (Phi) is 4.01. The van der Waals surface area contributed by atoms with Gasteiger partial charge in [-0.3, -0.25) is 4.90 Å². The standard InChI is InChI=1S/C15H24N4O/c1-10-13(5-6-16)11(2)18-15(17-10)14-8-19-7-3-4-12(19)9-20-14/h12,14H,3-9,16H2,1-2H3. The van der Waals surface area contributed by atoms with Gasteiger partial charge in [-0.2, -0.15) is 0 Å². The first-order chi connectivity index (χ1) is 9.69. The first kappa shape index (κ1) is 13.9. The van der Waals surface area contributed by atoms with Crippen molar-refractivity contribution in [3.05, 3.63) is 22.8 Å². The Morgan fingerprint density at radius 2 is 2.05 bits per heavy atom. The van der Waals surface area contributed by atoms with Gasteiger partial charge in [-0.1, -0.05) is 0 Å². The average molecular weight is 276 g/mol. The molecule has 5 heteroatoms. The summed E-state index contributed by atoms with van der Waals surface area (Å²) < 4.78 is 6.00. The lowest BCUT2D eigenvalue weighted by atomic mass is 10.1. The minimum absolute atomic E-state index is 0.0219. The van der Waals surface area contributed by atoms with Gasteiger partial charge in [-0.25, -0.2) is 9.97 Å². The van der Waals surface area contributed by atoms with Crippen LogP contribution in [0.1, 0.15) is 41.7 Å². The van der Waals surface area contributed by atoms with Crippen LogP contribution >= 0.6 is 0 Å². The van der Waals surface area contributed by atoms with E-state index in [9.17, 15) is 0 Å². The second-order valence-corrected chi connectivity index (χ2v) is 5.88. The lowest BCUT2D eigenvalue weighted by Gasteiger charge is -2.34. The molecule has 2 saturated heterocycles. The van der Waals surface area contributed by atoms with Crippen LogP contribution in [0.15, 0.2) is 0 Å². The Bertz CT molecular complexity index is 468. The second-order valence-electron chi connectivity index (χ2n) is 5.88. The molecule has 0 spiro atoms. The molecule has 2 unspecified atom stereocenters. The Labute approximate surface area is 120 Å². The third kappa shape index (κ3) is 2.57. The zero-order valence-corrected chi connectivity index (χ0v) is 12.4. The maximum atomic E-state index is 6.00. The Balaban J connectivity index is 1.80. The van der Waals surface area contributed by atoms with Crippen molar-refractivity contribution in [3.8, 4) is 0 Å². The molecule has 3 heterocycles. The Morgan fingerprint density at radius 1 is 1.30 bits per heavy atom. The summed E-state index contributed by atoms with van der Waals surface area (Å²) in [7, 11) is 0. The maximum absolute atomic E-state index is 6.00. The first-order valence-corrected chi connectivity index (χ1v) is 7.58. The molecule has 0 aromatic carbocycles. The molecule has 2 aliphatic rings. The first-order valence-electron chi connectivity index (χ1n) is 7.58. The third-order valence-corrected chi connectivity index (χ3v) is 4.51. The maximum Gasteiger partial charge on any atom is 0.158 e. The largest absolute Gasteiger partial charge is 0.367 e. The highest BCUT2D eigenvalue weighted by molar-refractivity contribution is 5.25. The quantitative estimate of drug-likeness (QED) is 0.896. The molecule has 2 N–H and O–H groups in total. The summed E-state index contributed by atoms with van der Waals surface area (Å²) in [6.07, 6.45) is 3.42. The zero-order chi connectivity index (χ0) is 14.1. The molecule has 110 valence electrons. The molecule has 1 aromatic heterocycles. The monoisotopic (exact) mass is 276 g/mol. The van der Waals surface area contributed by atoms with E-state index in [-0.39, 0.29) is 6.10 Å². The molecule has 0 amide bonds. The molecule has 1 aromatic rings.